The Balaban J connectivity index is 1.58. The summed E-state index contributed by atoms with van der Waals surface area (Å²) in [4.78, 5) is 26.3. The van der Waals surface area contributed by atoms with Crippen molar-refractivity contribution in [1.29, 1.82) is 0 Å². The molecule has 0 aromatic heterocycles. The summed E-state index contributed by atoms with van der Waals surface area (Å²) in [6, 6.07) is 29.8. The van der Waals surface area contributed by atoms with E-state index < -0.39 is 0 Å². The number of ether oxygens (including phenoxy) is 2. The minimum absolute atomic E-state index is 0.0704. The van der Waals surface area contributed by atoms with Crippen molar-refractivity contribution < 1.29 is 19.1 Å². The Morgan fingerprint density at radius 2 is 0.972 bits per heavy atom. The van der Waals surface area contributed by atoms with Crippen molar-refractivity contribution in [2.45, 2.75) is 0 Å². The molecule has 0 radical (unpaired) electrons. The van der Waals surface area contributed by atoms with Gasteiger partial charge in [-0.15, -0.1) is 0 Å². The second kappa shape index (κ2) is 12.4. The number of methoxy groups -OCH3 is 2. The van der Waals surface area contributed by atoms with Crippen LogP contribution in [0.4, 0.5) is 11.4 Å². The molecule has 36 heavy (non-hydrogen) atoms. The first-order chi connectivity index (χ1) is 17.6. The van der Waals surface area contributed by atoms with E-state index in [9.17, 15) is 9.59 Å². The minimum atomic E-state index is -0.190. The van der Waals surface area contributed by atoms with Crippen LogP contribution in [0.3, 0.4) is 0 Å². The fraction of sp³-hybridized carbons (Fsp3) is 0.0714. The molecule has 2 amide bonds. The van der Waals surface area contributed by atoms with E-state index in [1.807, 2.05) is 84.9 Å². The van der Waals surface area contributed by atoms with E-state index in [2.05, 4.69) is 10.6 Å². The maximum atomic E-state index is 13.1. The molecule has 0 aliphatic carbocycles. The second-order valence-corrected chi connectivity index (χ2v) is 13.7. The van der Waals surface area contributed by atoms with Gasteiger partial charge in [-0.05, 0) is 0 Å². The molecule has 0 spiro atoms. The third-order valence-electron chi connectivity index (χ3n) is 5.15. The SMILES string of the molecule is COc1ccc([Se][Se]c2ccc(OC)cc2C(=O)Nc2ccccc2)c(C(=O)Nc2ccccc2)c1. The van der Waals surface area contributed by atoms with Gasteiger partial charge in [0.25, 0.3) is 0 Å². The summed E-state index contributed by atoms with van der Waals surface area (Å²) in [5.41, 5.74) is 2.60. The Morgan fingerprint density at radius 1 is 0.583 bits per heavy atom. The number of para-hydroxylation sites is 2. The molecule has 0 unspecified atom stereocenters. The van der Waals surface area contributed by atoms with Gasteiger partial charge in [-0.25, -0.2) is 0 Å². The molecule has 4 rings (SSSR count). The Hall–Kier alpha value is -3.54. The Bertz CT molecular complexity index is 1240. The summed E-state index contributed by atoms with van der Waals surface area (Å²) in [6.45, 7) is 0. The Labute approximate surface area is 221 Å². The van der Waals surface area contributed by atoms with Crippen molar-refractivity contribution in [3.05, 3.63) is 108 Å². The molecular weight excluding hydrogens is 586 g/mol. The van der Waals surface area contributed by atoms with Gasteiger partial charge in [-0.2, -0.15) is 0 Å². The van der Waals surface area contributed by atoms with E-state index >= 15 is 0 Å². The van der Waals surface area contributed by atoms with Gasteiger partial charge in [-0.1, -0.05) is 0 Å². The van der Waals surface area contributed by atoms with Gasteiger partial charge in [0.1, 0.15) is 0 Å². The van der Waals surface area contributed by atoms with Crippen LogP contribution in [0.25, 0.3) is 0 Å². The van der Waals surface area contributed by atoms with Crippen molar-refractivity contribution in [1.82, 2.24) is 0 Å². The number of hydrogen-bond donors (Lipinski definition) is 2. The van der Waals surface area contributed by atoms with Gasteiger partial charge < -0.3 is 0 Å². The number of rotatable bonds is 9. The zero-order chi connectivity index (χ0) is 25.3. The van der Waals surface area contributed by atoms with Gasteiger partial charge in [0, 0.05) is 0 Å². The van der Waals surface area contributed by atoms with Crippen LogP contribution in [-0.2, 0) is 0 Å². The van der Waals surface area contributed by atoms with E-state index in [4.69, 9.17) is 9.47 Å². The van der Waals surface area contributed by atoms with E-state index in [0.29, 0.717) is 22.6 Å². The molecule has 4 aromatic carbocycles. The van der Waals surface area contributed by atoms with E-state index in [-0.39, 0.29) is 38.1 Å². The quantitative estimate of drug-likeness (QED) is 0.285. The molecule has 4 aromatic rings. The summed E-state index contributed by atoms with van der Waals surface area (Å²) in [5, 5.41) is 5.92. The van der Waals surface area contributed by atoms with Crippen LogP contribution in [0.1, 0.15) is 20.7 Å². The fourth-order valence-electron chi connectivity index (χ4n) is 3.30. The number of benzene rings is 4. The standard InChI is InChI=1S/C28H24N2O4Se2/c1-33-21-13-15-25(23(17-21)27(31)29-19-9-5-3-6-10-19)35-36-26-16-14-22(34-2)18-24(26)28(32)30-20-11-7-4-8-12-20/h3-18H,1-2H3,(H,29,31)(H,30,32). The Kier molecular flexibility index (Phi) is 8.82. The van der Waals surface area contributed by atoms with Crippen LogP contribution in [0.5, 0.6) is 11.5 Å². The fourth-order valence-corrected chi connectivity index (χ4v) is 10.3. The third-order valence-corrected chi connectivity index (χ3v) is 12.4. The number of anilines is 2. The number of carbonyl (C=O) groups excluding carboxylic acids is 2. The summed E-state index contributed by atoms with van der Waals surface area (Å²) in [5.74, 6) is 0.856. The van der Waals surface area contributed by atoms with Crippen LogP contribution < -0.4 is 29.0 Å². The summed E-state index contributed by atoms with van der Waals surface area (Å²) in [6.07, 6.45) is 0. The molecule has 0 aliphatic rings. The van der Waals surface area contributed by atoms with Gasteiger partial charge >= 0.3 is 222 Å². The second-order valence-electron chi connectivity index (χ2n) is 7.53. The topological polar surface area (TPSA) is 76.7 Å². The van der Waals surface area contributed by atoms with Gasteiger partial charge in [-0.3, -0.25) is 0 Å². The number of hydrogen-bond acceptors (Lipinski definition) is 4. The van der Waals surface area contributed by atoms with Crippen molar-refractivity contribution in [2.24, 2.45) is 0 Å². The molecule has 6 nitrogen and oxygen atoms in total. The van der Waals surface area contributed by atoms with E-state index in [1.54, 1.807) is 26.4 Å². The molecule has 0 fully saturated rings. The normalized spacial score (nSPS) is 10.4. The predicted molar refractivity (Wildman–Crippen MR) is 146 cm³/mol. The number of carbonyl (C=O) groups is 2. The number of nitrogens with one attached hydrogen (secondary N) is 2. The molecule has 0 aliphatic heterocycles. The van der Waals surface area contributed by atoms with E-state index in [1.165, 1.54) is 0 Å². The predicted octanol–water partition coefficient (Wildman–Crippen LogP) is 3.48. The van der Waals surface area contributed by atoms with Crippen molar-refractivity contribution in [3.8, 4) is 11.5 Å². The molecule has 0 bridgehead atoms. The molecule has 0 atom stereocenters. The third kappa shape index (κ3) is 6.56. The molecule has 0 heterocycles. The van der Waals surface area contributed by atoms with Gasteiger partial charge in [0.05, 0.1) is 0 Å². The molecule has 182 valence electrons. The zero-order valence-electron chi connectivity index (χ0n) is 19.7. The van der Waals surface area contributed by atoms with Crippen molar-refractivity contribution in [2.75, 3.05) is 24.9 Å². The first-order valence-electron chi connectivity index (χ1n) is 11.0. The van der Waals surface area contributed by atoms with Crippen LogP contribution in [0, 0.1) is 0 Å². The van der Waals surface area contributed by atoms with Crippen LogP contribution in [0.2, 0.25) is 0 Å². The van der Waals surface area contributed by atoms with Gasteiger partial charge in [0.2, 0.25) is 0 Å². The van der Waals surface area contributed by atoms with Gasteiger partial charge in [0.15, 0.2) is 0 Å². The molecule has 0 saturated carbocycles. The summed E-state index contributed by atoms with van der Waals surface area (Å²) < 4.78 is 12.6. The first-order valence-corrected chi connectivity index (χ1v) is 17.1. The molecule has 2 N–H and O–H groups in total. The monoisotopic (exact) mass is 612 g/mol. The average molecular weight is 610 g/mol. The summed E-state index contributed by atoms with van der Waals surface area (Å²) >= 11 is -0.141. The van der Waals surface area contributed by atoms with Crippen molar-refractivity contribution >= 4 is 58.4 Å². The maximum absolute atomic E-state index is 13.1. The van der Waals surface area contributed by atoms with Crippen LogP contribution in [0.15, 0.2) is 97.1 Å². The zero-order valence-corrected chi connectivity index (χ0v) is 23.1. The van der Waals surface area contributed by atoms with Crippen molar-refractivity contribution in [3.63, 3.8) is 0 Å². The number of amides is 2. The Morgan fingerprint density at radius 3 is 1.33 bits per heavy atom. The first kappa shape index (κ1) is 25.5. The average Bonchev–Trinajstić information content (AvgIpc) is 2.92. The molecule has 0 saturated heterocycles. The summed E-state index contributed by atoms with van der Waals surface area (Å²) in [7, 11) is 3.16. The van der Waals surface area contributed by atoms with Crippen LogP contribution in [-0.4, -0.2) is 52.3 Å². The van der Waals surface area contributed by atoms with Crippen LogP contribution >= 0.6 is 0 Å². The molecule has 8 heteroatoms. The molecular formula is C28H24N2O4Se2. The van der Waals surface area contributed by atoms with E-state index in [0.717, 1.165) is 20.3 Å².